The van der Waals surface area contributed by atoms with Gasteiger partial charge in [0.15, 0.2) is 11.5 Å². The third-order valence-corrected chi connectivity index (χ3v) is 10.0. The van der Waals surface area contributed by atoms with E-state index in [0.717, 1.165) is 42.0 Å². The number of nitrogens with zero attached hydrogens (tertiary/aromatic N) is 2. The highest BCUT2D eigenvalue weighted by atomic mass is 32.2. The molecule has 0 bridgehead atoms. The van der Waals surface area contributed by atoms with Gasteiger partial charge in [0, 0.05) is 18.7 Å². The molecule has 234 valence electrons. The first-order valence-electron chi connectivity index (χ1n) is 15.5. The number of hydrogen-bond acceptors (Lipinski definition) is 6. The van der Waals surface area contributed by atoms with E-state index in [0.29, 0.717) is 37.6 Å². The predicted octanol–water partition coefficient (Wildman–Crippen LogP) is 4.95. The fourth-order valence-corrected chi connectivity index (χ4v) is 7.30. The van der Waals surface area contributed by atoms with Crippen molar-refractivity contribution < 1.29 is 27.5 Å². The van der Waals surface area contributed by atoms with Crippen molar-refractivity contribution >= 4 is 27.5 Å². The van der Waals surface area contributed by atoms with Crippen molar-refractivity contribution in [2.24, 2.45) is 0 Å². The number of anilines is 1. The molecule has 2 aliphatic rings. The lowest BCUT2D eigenvalue weighted by Gasteiger charge is -2.34. The molecule has 10 heteroatoms. The van der Waals surface area contributed by atoms with Gasteiger partial charge in [-0.25, -0.2) is 8.42 Å². The fraction of sp³-hybridized carbons (Fsp3) is 0.412. The number of benzene rings is 3. The van der Waals surface area contributed by atoms with Crippen molar-refractivity contribution in [1.82, 2.24) is 10.2 Å². The van der Waals surface area contributed by atoms with Gasteiger partial charge in [0.2, 0.25) is 11.8 Å². The Morgan fingerprint density at radius 1 is 0.886 bits per heavy atom. The van der Waals surface area contributed by atoms with Gasteiger partial charge in [0.25, 0.3) is 10.0 Å². The van der Waals surface area contributed by atoms with E-state index in [1.165, 1.54) is 12.1 Å². The van der Waals surface area contributed by atoms with Crippen molar-refractivity contribution in [3.8, 4) is 11.5 Å². The van der Waals surface area contributed by atoms with E-state index >= 15 is 0 Å². The first kappa shape index (κ1) is 31.4. The molecular formula is C34H41N3O6S. The number of amides is 2. The summed E-state index contributed by atoms with van der Waals surface area (Å²) < 4.78 is 40.6. The second-order valence-corrected chi connectivity index (χ2v) is 13.1. The molecule has 5 rings (SSSR count). The monoisotopic (exact) mass is 619 g/mol. The van der Waals surface area contributed by atoms with Gasteiger partial charge in [-0.3, -0.25) is 13.9 Å². The van der Waals surface area contributed by atoms with Crippen molar-refractivity contribution in [2.75, 3.05) is 30.6 Å². The van der Waals surface area contributed by atoms with Crippen molar-refractivity contribution in [2.45, 2.75) is 68.8 Å². The predicted molar refractivity (Wildman–Crippen MR) is 169 cm³/mol. The highest BCUT2D eigenvalue weighted by Gasteiger charge is 2.34. The number of nitrogens with one attached hydrogen (secondary N) is 1. The van der Waals surface area contributed by atoms with Crippen LogP contribution in [0.25, 0.3) is 0 Å². The van der Waals surface area contributed by atoms with E-state index in [-0.39, 0.29) is 29.1 Å². The normalized spacial score (nSPS) is 15.7. The molecule has 1 aliphatic heterocycles. The van der Waals surface area contributed by atoms with Crippen LogP contribution in [0.3, 0.4) is 0 Å². The Morgan fingerprint density at radius 3 is 2.23 bits per heavy atom. The van der Waals surface area contributed by atoms with Gasteiger partial charge in [0.1, 0.15) is 25.8 Å². The Hall–Kier alpha value is -4.05. The zero-order chi connectivity index (χ0) is 30.9. The van der Waals surface area contributed by atoms with Crippen LogP contribution in [0.15, 0.2) is 83.8 Å². The van der Waals surface area contributed by atoms with Crippen LogP contribution < -0.4 is 19.1 Å². The molecule has 9 nitrogen and oxygen atoms in total. The molecule has 0 radical (unpaired) electrons. The van der Waals surface area contributed by atoms with E-state index in [1.807, 2.05) is 37.3 Å². The lowest BCUT2D eigenvalue weighted by atomic mass is 9.95. The van der Waals surface area contributed by atoms with Crippen LogP contribution in [-0.2, 0) is 26.0 Å². The van der Waals surface area contributed by atoms with E-state index in [9.17, 15) is 18.0 Å². The topological polar surface area (TPSA) is 105 Å². The molecule has 0 spiro atoms. The largest absolute Gasteiger partial charge is 0.486 e. The molecule has 0 unspecified atom stereocenters. The lowest BCUT2D eigenvalue weighted by molar-refractivity contribution is -0.140. The average Bonchev–Trinajstić information content (AvgIpc) is 3.06. The zero-order valence-corrected chi connectivity index (χ0v) is 26.0. The Bertz CT molecular complexity index is 1510. The van der Waals surface area contributed by atoms with Gasteiger partial charge in [-0.15, -0.1) is 0 Å². The van der Waals surface area contributed by atoms with E-state index < -0.39 is 28.5 Å². The lowest BCUT2D eigenvalue weighted by Crippen LogP contribution is -2.54. The molecule has 0 saturated heterocycles. The molecule has 3 aromatic carbocycles. The zero-order valence-electron chi connectivity index (χ0n) is 25.2. The highest BCUT2D eigenvalue weighted by Crippen LogP contribution is 2.36. The van der Waals surface area contributed by atoms with Gasteiger partial charge < -0.3 is 19.7 Å². The number of sulfonamides is 1. The molecule has 1 aliphatic carbocycles. The third kappa shape index (κ3) is 7.53. The molecular weight excluding hydrogens is 578 g/mol. The van der Waals surface area contributed by atoms with Crippen LogP contribution >= 0.6 is 0 Å². The number of rotatable bonds is 12. The summed E-state index contributed by atoms with van der Waals surface area (Å²) in [4.78, 5) is 29.6. The van der Waals surface area contributed by atoms with Crippen LogP contribution in [0.5, 0.6) is 11.5 Å². The van der Waals surface area contributed by atoms with Crippen LogP contribution in [0.2, 0.25) is 0 Å². The summed E-state index contributed by atoms with van der Waals surface area (Å²) in [5.41, 5.74) is 1.29. The molecule has 3 aromatic rings. The standard InChI is InChI=1S/C34H41N3O6S/c1-2-30(34(39)35-27-14-8-4-9-15-27)36(21-20-26-12-6-3-7-13-26)33(38)25-37(44(40,41)29-16-10-5-11-17-29)28-18-19-31-32(24-28)43-23-22-42-31/h3,5-7,10-13,16-19,24,27,30H,2,4,8-9,14-15,20-23,25H2,1H3,(H,35,39)/t30-/m1/s1. The van der Waals surface area contributed by atoms with Gasteiger partial charge in [-0.2, -0.15) is 0 Å². The maximum Gasteiger partial charge on any atom is 0.264 e. The number of hydrogen-bond donors (Lipinski definition) is 1. The quantitative estimate of drug-likeness (QED) is 0.308. The molecule has 44 heavy (non-hydrogen) atoms. The maximum atomic E-state index is 14.3. The van der Waals surface area contributed by atoms with Crippen molar-refractivity contribution in [3.05, 3.63) is 84.4 Å². The number of ether oxygens (including phenoxy) is 2. The number of carbonyl (C=O) groups is 2. The minimum Gasteiger partial charge on any atom is -0.486 e. The first-order chi connectivity index (χ1) is 21.4. The molecule has 1 saturated carbocycles. The average molecular weight is 620 g/mol. The SMILES string of the molecule is CC[C@H](C(=O)NC1CCCCC1)N(CCc1ccccc1)C(=O)CN(c1ccc2c(c1)OCCO2)S(=O)(=O)c1ccccc1. The van der Waals surface area contributed by atoms with Crippen LogP contribution in [0.4, 0.5) is 5.69 Å². The van der Waals surface area contributed by atoms with Gasteiger partial charge in [0.05, 0.1) is 10.6 Å². The number of carbonyl (C=O) groups excluding carboxylic acids is 2. The molecule has 0 aromatic heterocycles. The molecule has 2 amide bonds. The molecule has 1 atom stereocenters. The van der Waals surface area contributed by atoms with Gasteiger partial charge in [-0.1, -0.05) is 74.7 Å². The second-order valence-electron chi connectivity index (χ2n) is 11.2. The van der Waals surface area contributed by atoms with E-state index in [1.54, 1.807) is 41.3 Å². The molecule has 1 N–H and O–H groups in total. The van der Waals surface area contributed by atoms with Gasteiger partial charge >= 0.3 is 0 Å². The maximum absolute atomic E-state index is 14.3. The fourth-order valence-electron chi connectivity index (χ4n) is 5.88. The summed E-state index contributed by atoms with van der Waals surface area (Å²) in [6, 6.07) is 22.0. The van der Waals surface area contributed by atoms with E-state index in [2.05, 4.69) is 5.32 Å². The smallest absolute Gasteiger partial charge is 0.264 e. The van der Waals surface area contributed by atoms with Gasteiger partial charge in [-0.05, 0) is 55.5 Å². The molecule has 1 fully saturated rings. The Morgan fingerprint density at radius 2 is 1.55 bits per heavy atom. The van der Waals surface area contributed by atoms with Crippen LogP contribution in [-0.4, -0.2) is 63.5 Å². The Labute approximate surface area is 260 Å². The Kier molecular flexibility index (Phi) is 10.4. The third-order valence-electron chi connectivity index (χ3n) is 8.25. The number of fused-ring (bicyclic) bond motifs is 1. The minimum absolute atomic E-state index is 0.0561. The summed E-state index contributed by atoms with van der Waals surface area (Å²) in [6.07, 6.45) is 6.07. The van der Waals surface area contributed by atoms with Crippen LogP contribution in [0.1, 0.15) is 51.0 Å². The van der Waals surface area contributed by atoms with Crippen LogP contribution in [0, 0.1) is 0 Å². The summed E-state index contributed by atoms with van der Waals surface area (Å²) in [7, 11) is -4.16. The van der Waals surface area contributed by atoms with Crippen molar-refractivity contribution in [1.29, 1.82) is 0 Å². The summed E-state index contributed by atoms with van der Waals surface area (Å²) in [6.45, 7) is 2.39. The van der Waals surface area contributed by atoms with E-state index in [4.69, 9.17) is 9.47 Å². The second kappa shape index (κ2) is 14.6. The minimum atomic E-state index is -4.16. The van der Waals surface area contributed by atoms with Crippen molar-refractivity contribution in [3.63, 3.8) is 0 Å². The summed E-state index contributed by atoms with van der Waals surface area (Å²) in [5, 5.41) is 3.18. The highest BCUT2D eigenvalue weighted by molar-refractivity contribution is 7.92. The first-order valence-corrected chi connectivity index (χ1v) is 16.9. The molecule has 1 heterocycles. The summed E-state index contributed by atoms with van der Waals surface area (Å²) >= 11 is 0. The Balaban J connectivity index is 1.47. The summed E-state index contributed by atoms with van der Waals surface area (Å²) in [5.74, 6) is 0.269.